The van der Waals surface area contributed by atoms with Gasteiger partial charge in [-0.15, -0.1) is 0 Å². The van der Waals surface area contributed by atoms with Crippen LogP contribution < -0.4 is 11.1 Å². The quantitative estimate of drug-likeness (QED) is 0.255. The summed E-state index contributed by atoms with van der Waals surface area (Å²) < 4.78 is 0. The molecular weight excluding hydrogens is 232 g/mol. The summed E-state index contributed by atoms with van der Waals surface area (Å²) in [6, 6.07) is 3.71. The number of nitrogens with one attached hydrogen (secondary N) is 1. The third kappa shape index (κ3) is 2.96. The van der Waals surface area contributed by atoms with Crippen LogP contribution in [0.3, 0.4) is 0 Å². The second kappa shape index (κ2) is 5.79. The monoisotopic (exact) mass is 250 g/mol. The molecule has 0 saturated heterocycles. The topological polar surface area (TPSA) is 104 Å². The molecule has 1 heterocycles. The lowest BCUT2D eigenvalue weighted by Crippen LogP contribution is -2.36. The molecule has 1 aliphatic carbocycles. The molecule has 6 heteroatoms. The van der Waals surface area contributed by atoms with Crippen molar-refractivity contribution >= 4 is 5.84 Å². The smallest absolute Gasteiger partial charge is 0.189 e. The maximum absolute atomic E-state index is 9.19. The zero-order chi connectivity index (χ0) is 13.0. The third-order valence-corrected chi connectivity index (χ3v) is 3.20. The molecule has 18 heavy (non-hydrogen) atoms. The molecule has 0 unspecified atom stereocenters. The van der Waals surface area contributed by atoms with Crippen LogP contribution in [-0.4, -0.2) is 33.8 Å². The lowest BCUT2D eigenvalue weighted by molar-refractivity contribution is 0.0429. The van der Waals surface area contributed by atoms with Gasteiger partial charge in [0.2, 0.25) is 0 Å². The molecule has 6 nitrogen and oxygen atoms in total. The number of rotatable bonds is 5. The van der Waals surface area contributed by atoms with Crippen molar-refractivity contribution in [3.8, 4) is 0 Å². The normalized spacial score (nSPS) is 23.7. The molecule has 2 rings (SSSR count). The summed E-state index contributed by atoms with van der Waals surface area (Å²) in [6.07, 6.45) is 3.22. The van der Waals surface area contributed by atoms with Crippen LogP contribution in [0, 0.1) is 5.92 Å². The molecule has 1 aromatic rings. The van der Waals surface area contributed by atoms with E-state index in [4.69, 9.17) is 10.9 Å². The van der Waals surface area contributed by atoms with E-state index in [0.29, 0.717) is 18.2 Å². The van der Waals surface area contributed by atoms with Crippen LogP contribution in [-0.2, 0) is 6.54 Å². The molecule has 0 atom stereocenters. The Hall–Kier alpha value is -1.66. The number of hydrogen-bond acceptors (Lipinski definition) is 5. The van der Waals surface area contributed by atoms with Crippen LogP contribution in [0.1, 0.15) is 24.1 Å². The lowest BCUT2D eigenvalue weighted by atomic mass is 9.82. The van der Waals surface area contributed by atoms with Gasteiger partial charge in [-0.05, 0) is 36.9 Å². The number of aromatic nitrogens is 1. The standard InChI is InChI=1S/C12H18N4O2/c13-12(16-18)11-9(2-1-3-15-11)7-14-6-8-4-10(17)5-8/h1-3,8,10,14,17-18H,4-7H2,(H2,13,16). The molecule has 0 radical (unpaired) electrons. The number of hydrogen-bond donors (Lipinski definition) is 4. The molecule has 0 aliphatic heterocycles. The summed E-state index contributed by atoms with van der Waals surface area (Å²) in [5, 5.41) is 24.1. The van der Waals surface area contributed by atoms with E-state index in [0.717, 1.165) is 24.9 Å². The minimum atomic E-state index is -0.122. The maximum atomic E-state index is 9.19. The zero-order valence-corrected chi connectivity index (χ0v) is 10.1. The first-order valence-corrected chi connectivity index (χ1v) is 6.01. The maximum Gasteiger partial charge on any atom is 0.189 e. The van der Waals surface area contributed by atoms with E-state index >= 15 is 0 Å². The van der Waals surface area contributed by atoms with Crippen molar-refractivity contribution in [1.82, 2.24) is 10.3 Å². The Bertz CT molecular complexity index is 430. The molecule has 98 valence electrons. The first-order valence-electron chi connectivity index (χ1n) is 6.01. The number of pyridine rings is 1. The van der Waals surface area contributed by atoms with Crippen molar-refractivity contribution in [2.45, 2.75) is 25.5 Å². The van der Waals surface area contributed by atoms with Crippen molar-refractivity contribution in [3.63, 3.8) is 0 Å². The molecule has 5 N–H and O–H groups in total. The first-order chi connectivity index (χ1) is 8.70. The molecular formula is C12H18N4O2. The van der Waals surface area contributed by atoms with Gasteiger partial charge in [0.1, 0.15) is 5.69 Å². The van der Waals surface area contributed by atoms with Crippen molar-refractivity contribution in [3.05, 3.63) is 29.6 Å². The lowest BCUT2D eigenvalue weighted by Gasteiger charge is -2.31. The van der Waals surface area contributed by atoms with E-state index in [-0.39, 0.29) is 11.9 Å². The van der Waals surface area contributed by atoms with Gasteiger partial charge in [-0.1, -0.05) is 11.2 Å². The van der Waals surface area contributed by atoms with Crippen LogP contribution in [0.5, 0.6) is 0 Å². The van der Waals surface area contributed by atoms with Crippen molar-refractivity contribution in [2.75, 3.05) is 6.54 Å². The fraction of sp³-hybridized carbons (Fsp3) is 0.500. The van der Waals surface area contributed by atoms with E-state index in [1.165, 1.54) is 0 Å². The van der Waals surface area contributed by atoms with Gasteiger partial charge < -0.3 is 21.4 Å². The summed E-state index contributed by atoms with van der Waals surface area (Å²) in [7, 11) is 0. The van der Waals surface area contributed by atoms with Crippen LogP contribution in [0.25, 0.3) is 0 Å². The number of aliphatic hydroxyl groups is 1. The Labute approximate surface area is 106 Å². The molecule has 1 aromatic heterocycles. The van der Waals surface area contributed by atoms with Crippen molar-refractivity contribution in [2.24, 2.45) is 16.8 Å². The molecule has 0 spiro atoms. The molecule has 0 amide bonds. The second-order valence-corrected chi connectivity index (χ2v) is 4.62. The highest BCUT2D eigenvalue weighted by Crippen LogP contribution is 2.26. The number of nitrogens with two attached hydrogens (primary N) is 1. The molecule has 0 aromatic carbocycles. The number of oxime groups is 1. The van der Waals surface area contributed by atoms with Crippen LogP contribution in [0.2, 0.25) is 0 Å². The van der Waals surface area contributed by atoms with Gasteiger partial charge in [0.15, 0.2) is 5.84 Å². The third-order valence-electron chi connectivity index (χ3n) is 3.20. The van der Waals surface area contributed by atoms with Crippen molar-refractivity contribution in [1.29, 1.82) is 0 Å². The highest BCUT2D eigenvalue weighted by molar-refractivity contribution is 5.96. The van der Waals surface area contributed by atoms with Gasteiger partial charge in [0.25, 0.3) is 0 Å². The zero-order valence-electron chi connectivity index (χ0n) is 10.1. The van der Waals surface area contributed by atoms with Gasteiger partial charge in [-0.25, -0.2) is 0 Å². The molecule has 1 saturated carbocycles. The van der Waals surface area contributed by atoms with Gasteiger partial charge in [-0.3, -0.25) is 4.98 Å². The van der Waals surface area contributed by atoms with E-state index in [1.807, 2.05) is 12.1 Å². The largest absolute Gasteiger partial charge is 0.409 e. The average molecular weight is 250 g/mol. The van der Waals surface area contributed by atoms with Gasteiger partial charge in [-0.2, -0.15) is 0 Å². The highest BCUT2D eigenvalue weighted by atomic mass is 16.4. The fourth-order valence-corrected chi connectivity index (χ4v) is 2.14. The Morgan fingerprint density at radius 1 is 1.56 bits per heavy atom. The van der Waals surface area contributed by atoms with Gasteiger partial charge in [0.05, 0.1) is 6.10 Å². The number of nitrogens with zero attached hydrogens (tertiary/aromatic N) is 2. The number of aliphatic hydroxyl groups excluding tert-OH is 1. The van der Waals surface area contributed by atoms with Crippen LogP contribution in [0.15, 0.2) is 23.5 Å². The first kappa shape index (κ1) is 12.8. The van der Waals surface area contributed by atoms with E-state index in [2.05, 4.69) is 15.5 Å². The molecule has 1 aliphatic rings. The Kier molecular flexibility index (Phi) is 4.11. The average Bonchev–Trinajstić information content (AvgIpc) is 2.36. The van der Waals surface area contributed by atoms with E-state index < -0.39 is 0 Å². The minimum Gasteiger partial charge on any atom is -0.409 e. The SMILES string of the molecule is NC(=NO)c1ncccc1CNCC1CC(O)C1. The highest BCUT2D eigenvalue weighted by Gasteiger charge is 2.26. The van der Waals surface area contributed by atoms with E-state index in [9.17, 15) is 5.11 Å². The summed E-state index contributed by atoms with van der Waals surface area (Å²) in [5.74, 6) is 0.565. The fourth-order valence-electron chi connectivity index (χ4n) is 2.14. The van der Waals surface area contributed by atoms with Crippen molar-refractivity contribution < 1.29 is 10.3 Å². The summed E-state index contributed by atoms with van der Waals surface area (Å²) in [6.45, 7) is 1.48. The second-order valence-electron chi connectivity index (χ2n) is 4.62. The minimum absolute atomic E-state index is 0.0199. The Morgan fingerprint density at radius 2 is 2.33 bits per heavy atom. The summed E-state index contributed by atoms with van der Waals surface area (Å²) in [4.78, 5) is 4.10. The number of amidine groups is 1. The van der Waals surface area contributed by atoms with Gasteiger partial charge >= 0.3 is 0 Å². The van der Waals surface area contributed by atoms with E-state index in [1.54, 1.807) is 6.20 Å². The van der Waals surface area contributed by atoms with Crippen LogP contribution in [0.4, 0.5) is 0 Å². The Morgan fingerprint density at radius 3 is 3.00 bits per heavy atom. The summed E-state index contributed by atoms with van der Waals surface area (Å²) >= 11 is 0. The van der Waals surface area contributed by atoms with Gasteiger partial charge in [0, 0.05) is 12.7 Å². The molecule has 1 fully saturated rings. The summed E-state index contributed by atoms with van der Waals surface area (Å²) in [5.41, 5.74) is 6.96. The predicted octanol–water partition coefficient (Wildman–Crippen LogP) is 0.0366. The Balaban J connectivity index is 1.88. The molecule has 0 bridgehead atoms. The predicted molar refractivity (Wildman–Crippen MR) is 67.2 cm³/mol. The van der Waals surface area contributed by atoms with Crippen LogP contribution >= 0.6 is 0 Å².